The van der Waals surface area contributed by atoms with E-state index in [1.807, 2.05) is 0 Å². The number of rotatable bonds is 2. The average Bonchev–Trinajstić information content (AvgIpc) is 2.27. The number of nitrogens with two attached hydrogens (primary N) is 1. The van der Waals surface area contributed by atoms with E-state index in [0.717, 1.165) is 6.07 Å². The summed E-state index contributed by atoms with van der Waals surface area (Å²) in [6.07, 6.45) is 0. The van der Waals surface area contributed by atoms with Crippen molar-refractivity contribution in [3.8, 4) is 5.75 Å². The first kappa shape index (κ1) is 13.0. The molecular formula is C10H9NO5S2. The number of hydrogen-bond acceptors (Lipinski definition) is 4. The van der Waals surface area contributed by atoms with Gasteiger partial charge in [0.05, 0.1) is 9.79 Å². The fourth-order valence-corrected chi connectivity index (χ4v) is 2.66. The van der Waals surface area contributed by atoms with Crippen LogP contribution >= 0.6 is 0 Å². The van der Waals surface area contributed by atoms with Gasteiger partial charge in [-0.25, -0.2) is 8.42 Å². The molecule has 2 aromatic rings. The molecule has 2 rings (SSSR count). The van der Waals surface area contributed by atoms with Crippen molar-refractivity contribution < 1.29 is 22.6 Å². The Kier molecular flexibility index (Phi) is 3.35. The molecule has 0 aromatic heterocycles. The first-order valence-electron chi connectivity index (χ1n) is 4.68. The van der Waals surface area contributed by atoms with Crippen molar-refractivity contribution in [3.05, 3.63) is 24.3 Å². The summed E-state index contributed by atoms with van der Waals surface area (Å²) in [5.74, 6) is -0.310. The molecule has 0 aliphatic rings. The molecule has 0 bridgehead atoms. The van der Waals surface area contributed by atoms with Gasteiger partial charge in [-0.3, -0.25) is 0 Å². The molecule has 0 amide bonds. The smallest absolute Gasteiger partial charge is 0.187 e. The van der Waals surface area contributed by atoms with Gasteiger partial charge < -0.3 is 19.9 Å². The van der Waals surface area contributed by atoms with Gasteiger partial charge in [0.15, 0.2) is 22.2 Å². The van der Waals surface area contributed by atoms with Crippen LogP contribution in [0.4, 0.5) is 5.69 Å². The van der Waals surface area contributed by atoms with Gasteiger partial charge in [0.25, 0.3) is 0 Å². The molecule has 8 heteroatoms. The minimum Gasteiger partial charge on any atom is -0.507 e. The normalized spacial score (nSPS) is 14.6. The SMILES string of the molecule is Nc1ccc(S(=O)O)c2cc(S(=O)O)cc(O)c12. The van der Waals surface area contributed by atoms with Gasteiger partial charge >= 0.3 is 0 Å². The Hall–Kier alpha value is -1.48. The van der Waals surface area contributed by atoms with Crippen LogP contribution in [0, 0.1) is 0 Å². The van der Waals surface area contributed by atoms with E-state index in [1.54, 1.807) is 0 Å². The highest BCUT2D eigenvalue weighted by Gasteiger charge is 2.15. The van der Waals surface area contributed by atoms with Gasteiger partial charge in [0.1, 0.15) is 5.75 Å². The zero-order valence-electron chi connectivity index (χ0n) is 8.86. The van der Waals surface area contributed by atoms with Gasteiger partial charge in [0.2, 0.25) is 0 Å². The lowest BCUT2D eigenvalue weighted by Crippen LogP contribution is -1.96. The van der Waals surface area contributed by atoms with Crippen LogP contribution in [0.1, 0.15) is 0 Å². The molecule has 0 radical (unpaired) electrons. The summed E-state index contributed by atoms with van der Waals surface area (Å²) in [4.78, 5) is -0.0564. The first-order valence-corrected chi connectivity index (χ1v) is 6.90. The van der Waals surface area contributed by atoms with Crippen LogP contribution in [-0.2, 0) is 22.2 Å². The maximum Gasteiger partial charge on any atom is 0.187 e. The fraction of sp³-hybridized carbons (Fsp3) is 0. The van der Waals surface area contributed by atoms with Crippen LogP contribution in [0.2, 0.25) is 0 Å². The molecule has 96 valence electrons. The molecule has 6 nitrogen and oxygen atoms in total. The van der Waals surface area contributed by atoms with Crippen molar-refractivity contribution in [3.63, 3.8) is 0 Å². The molecule has 0 spiro atoms. The van der Waals surface area contributed by atoms with Crippen LogP contribution < -0.4 is 5.73 Å². The summed E-state index contributed by atoms with van der Waals surface area (Å²) in [6, 6.07) is 5.07. The second kappa shape index (κ2) is 4.65. The van der Waals surface area contributed by atoms with Crippen LogP contribution in [0.5, 0.6) is 5.75 Å². The lowest BCUT2D eigenvalue weighted by molar-refractivity contribution is 0.479. The Morgan fingerprint density at radius 1 is 1.06 bits per heavy atom. The maximum atomic E-state index is 11.2. The summed E-state index contributed by atoms with van der Waals surface area (Å²) in [6.45, 7) is 0. The van der Waals surface area contributed by atoms with Crippen LogP contribution in [0.25, 0.3) is 10.8 Å². The molecule has 18 heavy (non-hydrogen) atoms. The number of fused-ring (bicyclic) bond motifs is 1. The van der Waals surface area contributed by atoms with Crippen molar-refractivity contribution in [2.24, 2.45) is 0 Å². The number of aromatic hydroxyl groups is 1. The van der Waals surface area contributed by atoms with E-state index in [0.29, 0.717) is 0 Å². The highest BCUT2D eigenvalue weighted by Crippen LogP contribution is 2.35. The minimum absolute atomic E-state index is 0.0156. The standard InChI is InChI=1S/C10H9NO5S2/c11-7-1-2-9(18(15)16)6-3-5(17(13)14)4-8(12)10(6)7/h1-4,12H,11H2,(H,13,14)(H,15,16). The summed E-state index contributed by atoms with van der Waals surface area (Å²) >= 11 is -4.59. The minimum atomic E-state index is -2.30. The Morgan fingerprint density at radius 3 is 2.28 bits per heavy atom. The predicted octanol–water partition coefficient (Wildman–Crippen LogP) is 1.29. The Bertz CT molecular complexity index is 686. The van der Waals surface area contributed by atoms with Crippen molar-refractivity contribution in [2.45, 2.75) is 9.79 Å². The average molecular weight is 287 g/mol. The molecular weight excluding hydrogens is 278 g/mol. The number of benzene rings is 2. The lowest BCUT2D eigenvalue weighted by Gasteiger charge is -2.09. The first-order chi connectivity index (χ1) is 8.41. The van der Waals surface area contributed by atoms with E-state index in [-0.39, 0.29) is 32.0 Å². The van der Waals surface area contributed by atoms with Crippen molar-refractivity contribution in [1.29, 1.82) is 0 Å². The van der Waals surface area contributed by atoms with Gasteiger partial charge in [-0.1, -0.05) is 0 Å². The molecule has 0 saturated carbocycles. The van der Waals surface area contributed by atoms with Gasteiger partial charge in [0, 0.05) is 16.5 Å². The van der Waals surface area contributed by atoms with Gasteiger partial charge in [-0.05, 0) is 24.3 Å². The zero-order chi connectivity index (χ0) is 13.4. The monoisotopic (exact) mass is 287 g/mol. The number of hydrogen-bond donors (Lipinski definition) is 4. The third-order valence-corrected chi connectivity index (χ3v) is 3.82. The fourth-order valence-electron chi connectivity index (χ4n) is 1.69. The third-order valence-electron chi connectivity index (χ3n) is 2.45. The van der Waals surface area contributed by atoms with Crippen molar-refractivity contribution in [2.75, 3.05) is 5.73 Å². The predicted molar refractivity (Wildman–Crippen MR) is 68.1 cm³/mol. The molecule has 0 aliphatic carbocycles. The largest absolute Gasteiger partial charge is 0.507 e. The Labute approximate surface area is 107 Å². The van der Waals surface area contributed by atoms with E-state index in [9.17, 15) is 13.5 Å². The second-order valence-corrected chi connectivity index (χ2v) is 5.42. The highest BCUT2D eigenvalue weighted by molar-refractivity contribution is 7.79. The summed E-state index contributed by atoms with van der Waals surface area (Å²) in [5, 5.41) is 10.1. The van der Waals surface area contributed by atoms with E-state index in [1.165, 1.54) is 18.2 Å². The highest BCUT2D eigenvalue weighted by atomic mass is 32.2. The molecule has 2 unspecified atom stereocenters. The third kappa shape index (κ3) is 2.10. The van der Waals surface area contributed by atoms with E-state index in [2.05, 4.69) is 0 Å². The van der Waals surface area contributed by atoms with Crippen molar-refractivity contribution >= 4 is 38.6 Å². The Morgan fingerprint density at radius 2 is 1.72 bits per heavy atom. The number of nitrogen functional groups attached to an aromatic ring is 1. The molecule has 0 saturated heterocycles. The Balaban J connectivity index is 2.95. The quantitative estimate of drug-likeness (QED) is 0.488. The number of phenols is 1. The molecule has 2 aromatic carbocycles. The molecule has 0 fully saturated rings. The van der Waals surface area contributed by atoms with Crippen LogP contribution in [0.3, 0.4) is 0 Å². The summed E-state index contributed by atoms with van der Waals surface area (Å²) in [7, 11) is 0. The lowest BCUT2D eigenvalue weighted by atomic mass is 10.1. The number of phenolic OH excluding ortho intramolecular Hbond substituents is 1. The molecule has 0 heterocycles. The molecule has 0 aliphatic heterocycles. The van der Waals surface area contributed by atoms with Crippen molar-refractivity contribution in [1.82, 2.24) is 0 Å². The molecule has 2 atom stereocenters. The molecule has 5 N–H and O–H groups in total. The van der Waals surface area contributed by atoms with Gasteiger partial charge in [-0.2, -0.15) is 0 Å². The zero-order valence-corrected chi connectivity index (χ0v) is 10.5. The summed E-state index contributed by atoms with van der Waals surface area (Å²) < 4.78 is 40.3. The van der Waals surface area contributed by atoms with E-state index in [4.69, 9.17) is 14.8 Å². The number of anilines is 1. The van der Waals surface area contributed by atoms with E-state index >= 15 is 0 Å². The van der Waals surface area contributed by atoms with E-state index < -0.39 is 22.2 Å². The second-order valence-electron chi connectivity index (χ2n) is 3.52. The topological polar surface area (TPSA) is 121 Å². The maximum absolute atomic E-state index is 11.2. The van der Waals surface area contributed by atoms with Crippen LogP contribution in [0.15, 0.2) is 34.1 Å². The van der Waals surface area contributed by atoms with Gasteiger partial charge in [-0.15, -0.1) is 0 Å². The summed E-state index contributed by atoms with van der Waals surface area (Å²) in [5.41, 5.74) is 5.89. The van der Waals surface area contributed by atoms with Crippen LogP contribution in [-0.4, -0.2) is 22.6 Å².